The van der Waals surface area contributed by atoms with E-state index in [0.29, 0.717) is 39.1 Å². The van der Waals surface area contributed by atoms with E-state index in [1.165, 1.54) is 30.2 Å². The Morgan fingerprint density at radius 2 is 2.00 bits per heavy atom. The van der Waals surface area contributed by atoms with Gasteiger partial charge in [-0.2, -0.15) is 4.68 Å². The number of benzene rings is 2. The fourth-order valence-corrected chi connectivity index (χ4v) is 5.61. The fraction of sp³-hybridized carbons (Fsp3) is 0.433. The monoisotopic (exact) mass is 625 g/mol. The molecule has 0 spiro atoms. The molecule has 0 bridgehead atoms. The average Bonchev–Trinajstić information content (AvgIpc) is 3.58. The van der Waals surface area contributed by atoms with Crippen LogP contribution in [-0.4, -0.2) is 73.9 Å². The van der Waals surface area contributed by atoms with Crippen molar-refractivity contribution in [3.63, 3.8) is 0 Å². The Kier molecular flexibility index (Phi) is 9.14. The molecule has 220 valence electrons. The standard InChI is InChI=1S/C30H33Cl2N7O2S/c1-29(2)18-38(19-33-29)13-14-41-30(3,4)12-11-20-5-9-25(23(31)15-20)34-27(40)17-42-28-35-36-37-39(28)26-10-8-22(16-24(26)32)21-6-7-21/h5,8-10,15-16,19,21H,6-7,13-14,17-18H2,1-4H3,(H,34,40). The maximum absolute atomic E-state index is 12.7. The number of hydrogen-bond acceptors (Lipinski definition) is 8. The number of aromatic nitrogens is 4. The van der Waals surface area contributed by atoms with Crippen LogP contribution in [0.3, 0.4) is 0 Å². The number of halogens is 2. The van der Waals surface area contributed by atoms with Gasteiger partial charge in [0.1, 0.15) is 5.60 Å². The lowest BCUT2D eigenvalue weighted by molar-refractivity contribution is -0.113. The molecule has 1 aliphatic carbocycles. The van der Waals surface area contributed by atoms with Gasteiger partial charge < -0.3 is 15.0 Å². The number of nitrogens with one attached hydrogen (secondary N) is 1. The maximum atomic E-state index is 12.7. The summed E-state index contributed by atoms with van der Waals surface area (Å²) in [6.45, 7) is 10.3. The molecule has 1 saturated carbocycles. The number of hydrogen-bond donors (Lipinski definition) is 1. The van der Waals surface area contributed by atoms with E-state index in [2.05, 4.69) is 62.5 Å². The Labute approximate surface area is 260 Å². The lowest BCUT2D eigenvalue weighted by Crippen LogP contribution is -2.33. The number of aliphatic imine (C=N–C) groups is 1. The van der Waals surface area contributed by atoms with Crippen molar-refractivity contribution < 1.29 is 9.53 Å². The van der Waals surface area contributed by atoms with Crippen molar-refractivity contribution in [2.24, 2.45) is 4.99 Å². The average molecular weight is 627 g/mol. The molecule has 2 heterocycles. The molecule has 0 radical (unpaired) electrons. The third-order valence-corrected chi connectivity index (χ3v) is 8.31. The summed E-state index contributed by atoms with van der Waals surface area (Å²) in [4.78, 5) is 19.4. The predicted octanol–water partition coefficient (Wildman–Crippen LogP) is 5.85. The van der Waals surface area contributed by atoms with Crippen LogP contribution in [0.2, 0.25) is 10.0 Å². The van der Waals surface area contributed by atoms with Crippen LogP contribution in [0.15, 0.2) is 46.5 Å². The number of thioether (sulfide) groups is 1. The second kappa shape index (κ2) is 12.6. The lowest BCUT2D eigenvalue weighted by Gasteiger charge is -2.23. The van der Waals surface area contributed by atoms with Crippen LogP contribution >= 0.6 is 35.0 Å². The topological polar surface area (TPSA) is 97.5 Å². The van der Waals surface area contributed by atoms with Crippen molar-refractivity contribution in [3.8, 4) is 17.5 Å². The normalized spacial score (nSPS) is 15.9. The number of amides is 1. The highest BCUT2D eigenvalue weighted by atomic mass is 35.5. The summed E-state index contributed by atoms with van der Waals surface area (Å²) < 4.78 is 7.56. The second-order valence-corrected chi connectivity index (χ2v) is 13.3. The summed E-state index contributed by atoms with van der Waals surface area (Å²) in [6, 6.07) is 11.2. The molecule has 1 fully saturated rings. The van der Waals surface area contributed by atoms with E-state index in [9.17, 15) is 4.79 Å². The first-order chi connectivity index (χ1) is 20.0. The Morgan fingerprint density at radius 1 is 1.19 bits per heavy atom. The van der Waals surface area contributed by atoms with E-state index >= 15 is 0 Å². The van der Waals surface area contributed by atoms with Crippen molar-refractivity contribution in [2.45, 2.75) is 62.8 Å². The molecule has 1 aromatic heterocycles. The van der Waals surface area contributed by atoms with Crippen molar-refractivity contribution in [1.82, 2.24) is 25.1 Å². The number of carbonyl (C=O) groups excluding carboxylic acids is 1. The van der Waals surface area contributed by atoms with Gasteiger partial charge in [0.05, 0.1) is 45.7 Å². The first-order valence-corrected chi connectivity index (χ1v) is 15.5. The van der Waals surface area contributed by atoms with Crippen LogP contribution in [0.5, 0.6) is 0 Å². The van der Waals surface area contributed by atoms with Crippen molar-refractivity contribution >= 4 is 52.9 Å². The summed E-state index contributed by atoms with van der Waals surface area (Å²) in [7, 11) is 0. The highest BCUT2D eigenvalue weighted by molar-refractivity contribution is 7.99. The minimum absolute atomic E-state index is 0.0473. The smallest absolute Gasteiger partial charge is 0.234 e. The molecule has 1 amide bonds. The molecule has 2 aromatic carbocycles. The minimum Gasteiger partial charge on any atom is -0.361 e. The van der Waals surface area contributed by atoms with Gasteiger partial charge in [-0.25, -0.2) is 0 Å². The van der Waals surface area contributed by atoms with Crippen LogP contribution < -0.4 is 5.32 Å². The van der Waals surface area contributed by atoms with Crippen molar-refractivity contribution in [3.05, 3.63) is 57.6 Å². The molecular weight excluding hydrogens is 593 g/mol. The van der Waals surface area contributed by atoms with E-state index in [1.807, 2.05) is 38.4 Å². The molecule has 5 rings (SSSR count). The zero-order chi connectivity index (χ0) is 29.9. The van der Waals surface area contributed by atoms with Crippen molar-refractivity contribution in [1.29, 1.82) is 0 Å². The Bertz CT molecular complexity index is 1560. The highest BCUT2D eigenvalue weighted by Gasteiger charge is 2.26. The van der Waals surface area contributed by atoms with Gasteiger partial charge in [-0.1, -0.05) is 52.9 Å². The van der Waals surface area contributed by atoms with E-state index in [1.54, 1.807) is 16.8 Å². The maximum Gasteiger partial charge on any atom is 0.234 e. The molecule has 0 unspecified atom stereocenters. The number of tetrazole rings is 1. The first-order valence-electron chi connectivity index (χ1n) is 13.7. The lowest BCUT2D eigenvalue weighted by atomic mass is 10.1. The Morgan fingerprint density at radius 3 is 2.69 bits per heavy atom. The molecular formula is C30H33Cl2N7O2S. The van der Waals surface area contributed by atoms with Crippen LogP contribution in [0.1, 0.15) is 57.6 Å². The largest absolute Gasteiger partial charge is 0.361 e. The summed E-state index contributed by atoms with van der Waals surface area (Å²) in [5, 5.41) is 16.2. The molecule has 42 heavy (non-hydrogen) atoms. The third-order valence-electron chi connectivity index (χ3n) is 6.77. The van der Waals surface area contributed by atoms with Gasteiger partial charge in [-0.05, 0) is 92.8 Å². The minimum atomic E-state index is -0.637. The number of carbonyl (C=O) groups is 1. The third kappa shape index (κ3) is 8.04. The van der Waals surface area contributed by atoms with Gasteiger partial charge in [0.25, 0.3) is 0 Å². The molecule has 0 saturated heterocycles. The summed E-state index contributed by atoms with van der Waals surface area (Å²) in [5.41, 5.74) is 2.44. The zero-order valence-electron chi connectivity index (χ0n) is 24.0. The predicted molar refractivity (Wildman–Crippen MR) is 168 cm³/mol. The van der Waals surface area contributed by atoms with Crippen LogP contribution in [0.25, 0.3) is 5.69 Å². The number of ether oxygens (including phenoxy) is 1. The van der Waals surface area contributed by atoms with Gasteiger partial charge in [0, 0.05) is 18.7 Å². The SMILES string of the molecule is CC1(C)CN(CCOC(C)(C)C#Cc2ccc(NC(=O)CSc3nnnn3-c3ccc(C4CC4)cc3Cl)c(Cl)c2)C=N1. The number of anilines is 1. The van der Waals surface area contributed by atoms with E-state index in [0.717, 1.165) is 18.7 Å². The van der Waals surface area contributed by atoms with Gasteiger partial charge in [-0.3, -0.25) is 9.79 Å². The molecule has 3 aromatic rings. The van der Waals surface area contributed by atoms with Gasteiger partial charge in [0.2, 0.25) is 11.1 Å². The number of nitrogens with zero attached hydrogens (tertiary/aromatic N) is 6. The van der Waals surface area contributed by atoms with Crippen LogP contribution in [-0.2, 0) is 9.53 Å². The molecule has 0 atom stereocenters. The quantitative estimate of drug-likeness (QED) is 0.223. The molecule has 2 aliphatic rings. The van der Waals surface area contributed by atoms with Gasteiger partial charge in [-0.15, -0.1) is 5.10 Å². The summed E-state index contributed by atoms with van der Waals surface area (Å²) >= 11 is 14.2. The van der Waals surface area contributed by atoms with E-state index < -0.39 is 5.60 Å². The van der Waals surface area contributed by atoms with Crippen molar-refractivity contribution in [2.75, 3.05) is 30.8 Å². The molecule has 12 heteroatoms. The zero-order valence-corrected chi connectivity index (χ0v) is 26.4. The molecule has 1 aliphatic heterocycles. The fourth-order valence-electron chi connectivity index (χ4n) is 4.43. The first kappa shape index (κ1) is 30.4. The van der Waals surface area contributed by atoms with Gasteiger partial charge in [0.15, 0.2) is 0 Å². The van der Waals surface area contributed by atoms with Crippen LogP contribution in [0.4, 0.5) is 5.69 Å². The number of rotatable bonds is 10. The molecule has 9 nitrogen and oxygen atoms in total. The summed E-state index contributed by atoms with van der Waals surface area (Å²) in [6.07, 6.45) is 4.27. The van der Waals surface area contributed by atoms with Gasteiger partial charge >= 0.3 is 0 Å². The highest BCUT2D eigenvalue weighted by Crippen LogP contribution is 2.41. The second-order valence-electron chi connectivity index (χ2n) is 11.5. The summed E-state index contributed by atoms with van der Waals surface area (Å²) in [5.74, 6) is 6.73. The van der Waals surface area contributed by atoms with E-state index in [-0.39, 0.29) is 17.2 Å². The Hall–Kier alpha value is -3.10. The molecule has 1 N–H and O–H groups in total. The Balaban J connectivity index is 1.12. The van der Waals surface area contributed by atoms with E-state index in [4.69, 9.17) is 27.9 Å². The van der Waals surface area contributed by atoms with Crippen LogP contribution in [0, 0.1) is 11.8 Å².